The van der Waals surface area contributed by atoms with E-state index in [4.69, 9.17) is 0 Å². The molecule has 2 aliphatic rings. The summed E-state index contributed by atoms with van der Waals surface area (Å²) in [6.45, 7) is 0. The maximum absolute atomic E-state index is 3.43. The van der Waals surface area contributed by atoms with Gasteiger partial charge in [0, 0.05) is 11.5 Å². The van der Waals surface area contributed by atoms with Crippen LogP contribution in [0.3, 0.4) is 0 Å². The topological polar surface area (TPSA) is 0 Å². The van der Waals surface area contributed by atoms with E-state index in [1.165, 1.54) is 12.8 Å². The van der Waals surface area contributed by atoms with Gasteiger partial charge in [-0.1, -0.05) is 42.2 Å². The monoisotopic (exact) mass is 194 g/mol. The summed E-state index contributed by atoms with van der Waals surface area (Å²) in [5.74, 6) is 8.89. The lowest BCUT2D eigenvalue weighted by molar-refractivity contribution is 0.569. The highest BCUT2D eigenvalue weighted by atomic mass is 14.4. The number of fused-ring (bicyclic) bond motifs is 2. The van der Waals surface area contributed by atoms with Crippen LogP contribution in [-0.4, -0.2) is 0 Å². The van der Waals surface area contributed by atoms with Gasteiger partial charge in [-0.2, -0.15) is 0 Å². The van der Waals surface area contributed by atoms with Crippen molar-refractivity contribution in [3.8, 4) is 11.8 Å². The molecule has 74 valence electrons. The van der Waals surface area contributed by atoms with Crippen molar-refractivity contribution < 1.29 is 0 Å². The zero-order valence-electron chi connectivity index (χ0n) is 8.69. The maximum atomic E-state index is 3.43. The first-order valence-electron chi connectivity index (χ1n) is 5.67. The number of allylic oxidation sites excluding steroid dienone is 2. The Morgan fingerprint density at radius 2 is 1.87 bits per heavy atom. The van der Waals surface area contributed by atoms with E-state index in [-0.39, 0.29) is 0 Å². The van der Waals surface area contributed by atoms with Crippen molar-refractivity contribution >= 4 is 0 Å². The Hall–Kier alpha value is -1.48. The Morgan fingerprint density at radius 1 is 1.00 bits per heavy atom. The SMILES string of the molecule is C(#CC1CC2C=CC1C2)c1ccccc1. The van der Waals surface area contributed by atoms with E-state index in [2.05, 4.69) is 36.1 Å². The molecule has 1 aromatic rings. The highest BCUT2D eigenvalue weighted by Gasteiger charge is 2.34. The molecular weight excluding hydrogens is 180 g/mol. The summed E-state index contributed by atoms with van der Waals surface area (Å²) in [6, 6.07) is 10.3. The third kappa shape index (κ3) is 1.70. The Balaban J connectivity index is 1.77. The largest absolute Gasteiger partial charge is 0.0938 e. The van der Waals surface area contributed by atoms with E-state index in [0.29, 0.717) is 5.92 Å². The summed E-state index contributed by atoms with van der Waals surface area (Å²) in [7, 11) is 0. The minimum atomic E-state index is 0.611. The van der Waals surface area contributed by atoms with Crippen LogP contribution in [0.5, 0.6) is 0 Å². The predicted octanol–water partition coefficient (Wildman–Crippen LogP) is 3.25. The lowest BCUT2D eigenvalue weighted by atomic mass is 9.94. The summed E-state index contributed by atoms with van der Waals surface area (Å²) in [5, 5.41) is 0. The van der Waals surface area contributed by atoms with Gasteiger partial charge in [0.2, 0.25) is 0 Å². The molecule has 0 saturated heterocycles. The van der Waals surface area contributed by atoms with Crippen molar-refractivity contribution in [3.05, 3.63) is 48.0 Å². The van der Waals surface area contributed by atoms with Gasteiger partial charge in [0.25, 0.3) is 0 Å². The fourth-order valence-electron chi connectivity index (χ4n) is 2.64. The molecular formula is C15H14. The standard InChI is InChI=1S/C15H14/c1-2-4-12(5-3-1)6-8-14-10-13-7-9-15(14)11-13/h1-5,7,9,13-15H,10-11H2. The third-order valence-corrected chi connectivity index (χ3v) is 3.45. The van der Waals surface area contributed by atoms with Gasteiger partial charge >= 0.3 is 0 Å². The maximum Gasteiger partial charge on any atom is 0.0275 e. The van der Waals surface area contributed by atoms with Gasteiger partial charge in [0.05, 0.1) is 0 Å². The summed E-state index contributed by atoms with van der Waals surface area (Å²) >= 11 is 0. The van der Waals surface area contributed by atoms with Crippen molar-refractivity contribution in [1.29, 1.82) is 0 Å². The Bertz CT molecular complexity index is 430. The van der Waals surface area contributed by atoms with Crippen molar-refractivity contribution in [2.45, 2.75) is 12.8 Å². The molecule has 0 aromatic heterocycles. The van der Waals surface area contributed by atoms with Crippen LogP contribution in [0.2, 0.25) is 0 Å². The van der Waals surface area contributed by atoms with Gasteiger partial charge in [-0.3, -0.25) is 0 Å². The molecule has 3 rings (SSSR count). The summed E-state index contributed by atoms with van der Waals surface area (Å²) in [6.07, 6.45) is 7.35. The molecule has 1 aromatic carbocycles. The van der Waals surface area contributed by atoms with E-state index in [9.17, 15) is 0 Å². The third-order valence-electron chi connectivity index (χ3n) is 3.45. The second-order valence-electron chi connectivity index (χ2n) is 4.52. The molecule has 0 heterocycles. The molecule has 0 amide bonds. The van der Waals surface area contributed by atoms with Gasteiger partial charge in [-0.25, -0.2) is 0 Å². The normalized spacial score (nSPS) is 31.3. The first-order chi connectivity index (χ1) is 7.42. The highest BCUT2D eigenvalue weighted by Crippen LogP contribution is 2.42. The molecule has 1 fully saturated rings. The van der Waals surface area contributed by atoms with E-state index in [0.717, 1.165) is 17.4 Å². The first kappa shape index (κ1) is 8.80. The summed E-state index contributed by atoms with van der Waals surface area (Å²) in [5.41, 5.74) is 1.14. The average Bonchev–Trinajstić information content (AvgIpc) is 2.89. The molecule has 0 radical (unpaired) electrons. The lowest BCUT2D eigenvalue weighted by Gasteiger charge is -2.09. The van der Waals surface area contributed by atoms with Gasteiger partial charge in [0.15, 0.2) is 0 Å². The van der Waals surface area contributed by atoms with Crippen LogP contribution >= 0.6 is 0 Å². The number of rotatable bonds is 0. The minimum Gasteiger partial charge on any atom is -0.0938 e. The average molecular weight is 194 g/mol. The van der Waals surface area contributed by atoms with Crippen LogP contribution in [0.15, 0.2) is 42.5 Å². The van der Waals surface area contributed by atoms with Gasteiger partial charge in [0.1, 0.15) is 0 Å². The van der Waals surface area contributed by atoms with E-state index in [1.54, 1.807) is 0 Å². The molecule has 0 aliphatic heterocycles. The molecule has 0 nitrogen and oxygen atoms in total. The molecule has 2 bridgehead atoms. The number of hydrogen-bond donors (Lipinski definition) is 0. The summed E-state index contributed by atoms with van der Waals surface area (Å²) in [4.78, 5) is 0. The van der Waals surface area contributed by atoms with Gasteiger partial charge in [-0.15, -0.1) is 0 Å². The molecule has 3 unspecified atom stereocenters. The Morgan fingerprint density at radius 3 is 2.53 bits per heavy atom. The molecule has 0 N–H and O–H groups in total. The fourth-order valence-corrected chi connectivity index (χ4v) is 2.64. The molecule has 2 aliphatic carbocycles. The van der Waals surface area contributed by atoms with Crippen LogP contribution in [-0.2, 0) is 0 Å². The van der Waals surface area contributed by atoms with Crippen molar-refractivity contribution in [2.75, 3.05) is 0 Å². The van der Waals surface area contributed by atoms with Crippen molar-refractivity contribution in [1.82, 2.24) is 0 Å². The predicted molar refractivity (Wildman–Crippen MR) is 62.2 cm³/mol. The Kier molecular flexibility index (Phi) is 2.10. The fraction of sp³-hybridized carbons (Fsp3) is 0.333. The van der Waals surface area contributed by atoms with Crippen LogP contribution < -0.4 is 0 Å². The molecule has 15 heavy (non-hydrogen) atoms. The highest BCUT2D eigenvalue weighted by molar-refractivity contribution is 5.35. The second kappa shape index (κ2) is 3.59. The molecule has 3 atom stereocenters. The quantitative estimate of drug-likeness (QED) is 0.439. The van der Waals surface area contributed by atoms with Gasteiger partial charge in [-0.05, 0) is 36.8 Å². The van der Waals surface area contributed by atoms with Gasteiger partial charge < -0.3 is 0 Å². The zero-order chi connectivity index (χ0) is 10.1. The lowest BCUT2D eigenvalue weighted by Crippen LogP contribution is -2.03. The van der Waals surface area contributed by atoms with Crippen molar-refractivity contribution in [2.24, 2.45) is 17.8 Å². The number of benzene rings is 1. The summed E-state index contributed by atoms with van der Waals surface area (Å²) < 4.78 is 0. The van der Waals surface area contributed by atoms with E-state index in [1.807, 2.05) is 18.2 Å². The molecule has 0 spiro atoms. The van der Waals surface area contributed by atoms with Crippen LogP contribution in [0.25, 0.3) is 0 Å². The van der Waals surface area contributed by atoms with Crippen molar-refractivity contribution in [3.63, 3.8) is 0 Å². The number of hydrogen-bond acceptors (Lipinski definition) is 0. The molecule has 0 heteroatoms. The van der Waals surface area contributed by atoms with E-state index >= 15 is 0 Å². The molecule has 1 saturated carbocycles. The second-order valence-corrected chi connectivity index (χ2v) is 4.52. The zero-order valence-corrected chi connectivity index (χ0v) is 8.69. The van der Waals surface area contributed by atoms with E-state index < -0.39 is 0 Å². The smallest absolute Gasteiger partial charge is 0.0275 e. The van der Waals surface area contributed by atoms with Crippen LogP contribution in [0.1, 0.15) is 18.4 Å². The first-order valence-corrected chi connectivity index (χ1v) is 5.67. The minimum absolute atomic E-state index is 0.611. The Labute approximate surface area is 91.0 Å². The van der Waals surface area contributed by atoms with Crippen LogP contribution in [0, 0.1) is 29.6 Å². The van der Waals surface area contributed by atoms with Crippen LogP contribution in [0.4, 0.5) is 0 Å².